The fourth-order valence-electron chi connectivity index (χ4n) is 3.83. The summed E-state index contributed by atoms with van der Waals surface area (Å²) in [6.45, 7) is 4.16. The molecule has 0 saturated carbocycles. The smallest absolute Gasteiger partial charge is 0.262 e. The van der Waals surface area contributed by atoms with Crippen LogP contribution in [0.15, 0.2) is 24.3 Å². The molecule has 29 heavy (non-hydrogen) atoms. The number of nitrogens with zero attached hydrogens (tertiary/aromatic N) is 1. The lowest BCUT2D eigenvalue weighted by Gasteiger charge is -2.27. The molecule has 0 unspecified atom stereocenters. The number of anilines is 1. The zero-order valence-electron chi connectivity index (χ0n) is 16.7. The molecule has 2 aliphatic rings. The van der Waals surface area contributed by atoms with E-state index >= 15 is 0 Å². The van der Waals surface area contributed by atoms with Crippen LogP contribution in [0.2, 0.25) is 0 Å². The number of carbonyl (C=O) groups excluding carboxylic acids is 2. The summed E-state index contributed by atoms with van der Waals surface area (Å²) in [5.41, 5.74) is 2.78. The first-order chi connectivity index (χ1) is 14.1. The molecule has 7 heteroatoms. The summed E-state index contributed by atoms with van der Waals surface area (Å²) in [5.74, 6) is 0.448. The molecule has 0 bridgehead atoms. The molecule has 6 nitrogen and oxygen atoms in total. The SMILES string of the molecule is Cc1ccccc1OCC(=O)Nc1sc2c(c1C(=O)N1CCOCC1)CCCC2. The summed E-state index contributed by atoms with van der Waals surface area (Å²) in [6.07, 6.45) is 4.07. The number of aryl methyl sites for hydroxylation is 2. The number of fused-ring (bicyclic) bond motifs is 1. The normalized spacial score (nSPS) is 16.2. The fourth-order valence-corrected chi connectivity index (χ4v) is 5.13. The number of hydrogen-bond acceptors (Lipinski definition) is 5. The largest absolute Gasteiger partial charge is 0.483 e. The van der Waals surface area contributed by atoms with Crippen LogP contribution in [0.5, 0.6) is 5.75 Å². The van der Waals surface area contributed by atoms with Gasteiger partial charge in [-0.15, -0.1) is 11.3 Å². The molecule has 1 aliphatic carbocycles. The summed E-state index contributed by atoms with van der Waals surface area (Å²) < 4.78 is 11.1. The van der Waals surface area contributed by atoms with Gasteiger partial charge in [-0.3, -0.25) is 9.59 Å². The Hall–Kier alpha value is -2.38. The van der Waals surface area contributed by atoms with Crippen LogP contribution in [0.1, 0.15) is 39.2 Å². The van der Waals surface area contributed by atoms with E-state index in [2.05, 4.69) is 5.32 Å². The molecule has 4 rings (SSSR count). The van der Waals surface area contributed by atoms with Crippen molar-refractivity contribution >= 4 is 28.2 Å². The molecule has 1 aliphatic heterocycles. The number of nitrogens with one attached hydrogen (secondary N) is 1. The van der Waals surface area contributed by atoms with Gasteiger partial charge < -0.3 is 19.7 Å². The van der Waals surface area contributed by atoms with Gasteiger partial charge in [-0.1, -0.05) is 18.2 Å². The Bertz CT molecular complexity index is 902. The molecule has 2 aromatic rings. The van der Waals surface area contributed by atoms with Crippen LogP contribution in [0.4, 0.5) is 5.00 Å². The van der Waals surface area contributed by atoms with Gasteiger partial charge in [0.1, 0.15) is 10.8 Å². The lowest BCUT2D eigenvalue weighted by molar-refractivity contribution is -0.118. The van der Waals surface area contributed by atoms with Crippen LogP contribution in [0.3, 0.4) is 0 Å². The van der Waals surface area contributed by atoms with E-state index < -0.39 is 0 Å². The van der Waals surface area contributed by atoms with Crippen molar-refractivity contribution in [1.82, 2.24) is 4.90 Å². The lowest BCUT2D eigenvalue weighted by atomic mass is 9.95. The third kappa shape index (κ3) is 4.46. The average Bonchev–Trinajstić information content (AvgIpc) is 3.11. The molecule has 0 atom stereocenters. The molecule has 2 amide bonds. The second-order valence-corrected chi connectivity index (χ2v) is 8.53. The van der Waals surface area contributed by atoms with Crippen LogP contribution >= 0.6 is 11.3 Å². The van der Waals surface area contributed by atoms with Gasteiger partial charge in [-0.2, -0.15) is 0 Å². The van der Waals surface area contributed by atoms with Crippen molar-refractivity contribution in [3.63, 3.8) is 0 Å². The van der Waals surface area contributed by atoms with Crippen LogP contribution in [-0.2, 0) is 22.4 Å². The summed E-state index contributed by atoms with van der Waals surface area (Å²) in [6, 6.07) is 7.61. The average molecular weight is 415 g/mol. The van der Waals surface area contributed by atoms with Crippen molar-refractivity contribution in [2.45, 2.75) is 32.6 Å². The predicted octanol–water partition coefficient (Wildman–Crippen LogP) is 3.43. The number of benzene rings is 1. The van der Waals surface area contributed by atoms with E-state index in [-0.39, 0.29) is 18.4 Å². The predicted molar refractivity (Wildman–Crippen MR) is 113 cm³/mol. The first kappa shape index (κ1) is 19.9. The highest BCUT2D eigenvalue weighted by Gasteiger charge is 2.30. The number of amides is 2. The maximum Gasteiger partial charge on any atom is 0.262 e. The van der Waals surface area contributed by atoms with Gasteiger partial charge in [-0.05, 0) is 49.8 Å². The summed E-state index contributed by atoms with van der Waals surface area (Å²) in [7, 11) is 0. The van der Waals surface area contributed by atoms with Gasteiger partial charge in [0.05, 0.1) is 18.8 Å². The van der Waals surface area contributed by atoms with Crippen molar-refractivity contribution < 1.29 is 19.1 Å². The lowest BCUT2D eigenvalue weighted by Crippen LogP contribution is -2.41. The number of hydrogen-bond donors (Lipinski definition) is 1. The maximum absolute atomic E-state index is 13.3. The highest BCUT2D eigenvalue weighted by Crippen LogP contribution is 2.39. The molecule has 1 aromatic heterocycles. The van der Waals surface area contributed by atoms with Crippen molar-refractivity contribution in [1.29, 1.82) is 0 Å². The number of ether oxygens (including phenoxy) is 2. The van der Waals surface area contributed by atoms with Gasteiger partial charge >= 0.3 is 0 Å². The van der Waals surface area contributed by atoms with E-state index in [1.165, 1.54) is 4.88 Å². The van der Waals surface area contributed by atoms with Crippen molar-refractivity contribution in [3.05, 3.63) is 45.8 Å². The Kier molecular flexibility index (Phi) is 6.16. The fraction of sp³-hybridized carbons (Fsp3) is 0.455. The Morgan fingerprint density at radius 3 is 2.72 bits per heavy atom. The molecule has 154 valence electrons. The minimum Gasteiger partial charge on any atom is -0.483 e. The van der Waals surface area contributed by atoms with E-state index in [9.17, 15) is 9.59 Å². The summed E-state index contributed by atoms with van der Waals surface area (Å²) >= 11 is 1.54. The third-order valence-electron chi connectivity index (χ3n) is 5.39. The molecule has 2 heterocycles. The minimum absolute atomic E-state index is 0.00261. The number of carbonyl (C=O) groups is 2. The zero-order chi connectivity index (χ0) is 20.2. The van der Waals surface area contributed by atoms with E-state index in [1.807, 2.05) is 36.1 Å². The Morgan fingerprint density at radius 1 is 1.17 bits per heavy atom. The Balaban J connectivity index is 1.51. The second kappa shape index (κ2) is 8.97. The molecule has 1 saturated heterocycles. The number of para-hydroxylation sites is 1. The summed E-state index contributed by atoms with van der Waals surface area (Å²) in [5, 5.41) is 3.61. The molecule has 1 N–H and O–H groups in total. The monoisotopic (exact) mass is 414 g/mol. The van der Waals surface area contributed by atoms with E-state index in [0.717, 1.165) is 36.8 Å². The number of thiophene rings is 1. The molecular formula is C22H26N2O4S. The van der Waals surface area contributed by atoms with Crippen molar-refractivity contribution in [2.75, 3.05) is 38.2 Å². The van der Waals surface area contributed by atoms with E-state index in [4.69, 9.17) is 9.47 Å². The number of morpholine rings is 1. The third-order valence-corrected chi connectivity index (χ3v) is 6.60. The standard InChI is InChI=1S/C22H26N2O4S/c1-15-6-2-4-8-17(15)28-14-19(25)23-21-20(16-7-3-5-9-18(16)29-21)22(26)24-10-12-27-13-11-24/h2,4,6,8H,3,5,7,9-14H2,1H3,(H,23,25). The maximum atomic E-state index is 13.3. The zero-order valence-corrected chi connectivity index (χ0v) is 17.5. The van der Waals surface area contributed by atoms with E-state index in [1.54, 1.807) is 11.3 Å². The minimum atomic E-state index is -0.247. The van der Waals surface area contributed by atoms with Gasteiger partial charge in [-0.25, -0.2) is 0 Å². The molecule has 0 spiro atoms. The Morgan fingerprint density at radius 2 is 1.93 bits per heavy atom. The van der Waals surface area contributed by atoms with Crippen LogP contribution in [0, 0.1) is 6.92 Å². The van der Waals surface area contributed by atoms with Crippen molar-refractivity contribution in [2.24, 2.45) is 0 Å². The first-order valence-corrected chi connectivity index (χ1v) is 10.9. The highest BCUT2D eigenvalue weighted by molar-refractivity contribution is 7.17. The van der Waals surface area contributed by atoms with Gasteiger partial charge in [0.15, 0.2) is 6.61 Å². The van der Waals surface area contributed by atoms with Crippen LogP contribution in [-0.4, -0.2) is 49.6 Å². The van der Waals surface area contributed by atoms with Gasteiger partial charge in [0, 0.05) is 18.0 Å². The Labute approximate surface area is 174 Å². The molecule has 0 radical (unpaired) electrons. The summed E-state index contributed by atoms with van der Waals surface area (Å²) in [4.78, 5) is 28.9. The molecular weight excluding hydrogens is 388 g/mol. The van der Waals surface area contributed by atoms with Gasteiger partial charge in [0.2, 0.25) is 0 Å². The van der Waals surface area contributed by atoms with E-state index in [0.29, 0.717) is 42.6 Å². The van der Waals surface area contributed by atoms with Crippen LogP contribution < -0.4 is 10.1 Å². The first-order valence-electron chi connectivity index (χ1n) is 10.1. The quantitative estimate of drug-likeness (QED) is 0.814. The topological polar surface area (TPSA) is 67.9 Å². The molecule has 1 fully saturated rings. The van der Waals surface area contributed by atoms with Crippen molar-refractivity contribution in [3.8, 4) is 5.75 Å². The van der Waals surface area contributed by atoms with Gasteiger partial charge in [0.25, 0.3) is 11.8 Å². The molecule has 1 aromatic carbocycles. The number of rotatable bonds is 5. The second-order valence-electron chi connectivity index (χ2n) is 7.42. The van der Waals surface area contributed by atoms with Crippen LogP contribution in [0.25, 0.3) is 0 Å². The highest BCUT2D eigenvalue weighted by atomic mass is 32.1.